The van der Waals surface area contributed by atoms with Crippen LogP contribution in [-0.4, -0.2) is 60.8 Å². The summed E-state index contributed by atoms with van der Waals surface area (Å²) in [5.74, 6) is -0.610. The number of nitrogens with zero attached hydrogens (tertiary/aromatic N) is 2. The quantitative estimate of drug-likeness (QED) is 0.0457. The van der Waals surface area contributed by atoms with E-state index >= 15 is 0 Å². The molecule has 0 fully saturated rings. The Morgan fingerprint density at radius 1 is 0.959 bits per heavy atom. The number of aliphatic imine (C=N–C) groups is 1. The number of rotatable bonds is 5. The summed E-state index contributed by atoms with van der Waals surface area (Å²) in [7, 11) is 2.99. The molecule has 0 bridgehead atoms. The number of carbonyl (C=O) groups excluding carboxylic acids is 3. The van der Waals surface area contributed by atoms with Crippen LogP contribution in [0.5, 0.6) is 11.5 Å². The zero-order chi connectivity index (χ0) is 34.8. The molecule has 0 unspecified atom stereocenters. The minimum atomic E-state index is -0.766. The summed E-state index contributed by atoms with van der Waals surface area (Å²) >= 11 is 2.02. The molecule has 5 rings (SSSR count). The topological polar surface area (TPSA) is 145 Å². The standard InChI is InChI=1S/C37H36IN5O6/c1-43(38)37(39)40-21-9-7-15-28-35(45)42-29(36(46)47-2)16-8-10-22-48-30-19-17-24-11-3-5-13-26(24)33(30)34-27-14-6-4-12-25(27)18-20-31(34)49-23-32(44)41-28/h3-6,8,10-20H,7,9,21-23H2,1-2H3,(H2,39,40)(H,41,44)(H,42,45)/b10-8+,28-15-,29-16-. The van der Waals surface area contributed by atoms with Crippen LogP contribution in [0.3, 0.4) is 0 Å². The number of unbranched alkanes of at least 4 members (excludes halogenated alkanes) is 1. The van der Waals surface area contributed by atoms with Crippen molar-refractivity contribution in [3.8, 4) is 22.6 Å². The van der Waals surface area contributed by atoms with E-state index in [2.05, 4.69) is 15.6 Å². The van der Waals surface area contributed by atoms with Crippen molar-refractivity contribution in [2.24, 2.45) is 10.7 Å². The van der Waals surface area contributed by atoms with Crippen molar-refractivity contribution in [2.45, 2.75) is 12.8 Å². The van der Waals surface area contributed by atoms with Gasteiger partial charge in [0.25, 0.3) is 11.8 Å². The van der Waals surface area contributed by atoms with Crippen molar-refractivity contribution in [3.63, 3.8) is 0 Å². The molecule has 0 aromatic heterocycles. The molecule has 0 spiro atoms. The Labute approximate surface area is 298 Å². The van der Waals surface area contributed by atoms with Gasteiger partial charge >= 0.3 is 5.97 Å². The number of amides is 2. The number of guanidine groups is 1. The van der Waals surface area contributed by atoms with Crippen LogP contribution >= 0.6 is 22.9 Å². The predicted octanol–water partition coefficient (Wildman–Crippen LogP) is 5.54. The summed E-state index contributed by atoms with van der Waals surface area (Å²) in [4.78, 5) is 43.7. The van der Waals surface area contributed by atoms with Gasteiger partial charge in [0, 0.05) is 24.7 Å². The Morgan fingerprint density at radius 2 is 1.59 bits per heavy atom. The molecule has 12 heteroatoms. The first kappa shape index (κ1) is 35.0. The van der Waals surface area contributed by atoms with Crippen molar-refractivity contribution in [3.05, 3.63) is 108 Å². The number of hydrogen-bond acceptors (Lipinski definition) is 7. The van der Waals surface area contributed by atoms with E-state index in [1.54, 1.807) is 28.4 Å². The third-order valence-corrected chi connectivity index (χ3v) is 8.09. The molecule has 252 valence electrons. The number of methoxy groups -OCH3 is 1. The van der Waals surface area contributed by atoms with E-state index in [1.165, 1.54) is 13.2 Å². The van der Waals surface area contributed by atoms with Crippen molar-refractivity contribution >= 4 is 68.2 Å². The van der Waals surface area contributed by atoms with E-state index in [9.17, 15) is 14.4 Å². The second kappa shape index (κ2) is 16.6. The largest absolute Gasteiger partial charge is 0.489 e. The van der Waals surface area contributed by atoms with Crippen LogP contribution in [0.25, 0.3) is 32.7 Å². The number of allylic oxidation sites excluding steroid dienone is 3. The molecule has 2 amide bonds. The van der Waals surface area contributed by atoms with Gasteiger partial charge in [-0.2, -0.15) is 0 Å². The van der Waals surface area contributed by atoms with Gasteiger partial charge in [0.15, 0.2) is 12.6 Å². The number of ether oxygens (including phenoxy) is 3. The van der Waals surface area contributed by atoms with Gasteiger partial charge in [0.05, 0.1) is 30.0 Å². The maximum atomic E-state index is 13.4. The Hall–Kier alpha value is -5.37. The lowest BCUT2D eigenvalue weighted by atomic mass is 9.92. The number of esters is 1. The second-order valence-corrected chi connectivity index (χ2v) is 12.3. The first-order valence-corrected chi connectivity index (χ1v) is 16.5. The molecule has 0 saturated heterocycles. The first-order valence-electron chi connectivity index (χ1n) is 15.5. The highest BCUT2D eigenvalue weighted by molar-refractivity contribution is 14.1. The lowest BCUT2D eigenvalue weighted by Gasteiger charge is -2.19. The van der Waals surface area contributed by atoms with Crippen LogP contribution in [0.15, 0.2) is 113 Å². The fourth-order valence-electron chi connectivity index (χ4n) is 5.24. The molecule has 1 heterocycles. The molecule has 1 aliphatic rings. The van der Waals surface area contributed by atoms with Gasteiger partial charge < -0.3 is 30.6 Å². The number of fused-ring (bicyclic) bond motifs is 7. The average Bonchev–Trinajstić information content (AvgIpc) is 3.11. The molecule has 0 saturated carbocycles. The van der Waals surface area contributed by atoms with Crippen molar-refractivity contribution < 1.29 is 28.6 Å². The van der Waals surface area contributed by atoms with Gasteiger partial charge in [0.2, 0.25) is 0 Å². The minimum absolute atomic E-state index is 0.0573. The summed E-state index contributed by atoms with van der Waals surface area (Å²) in [5.41, 5.74) is 7.26. The smallest absolute Gasteiger partial charge is 0.354 e. The number of nitrogens with one attached hydrogen (secondary N) is 2. The van der Waals surface area contributed by atoms with Crippen LogP contribution in [0.4, 0.5) is 0 Å². The molecule has 11 nitrogen and oxygen atoms in total. The summed E-state index contributed by atoms with van der Waals surface area (Å²) in [6, 6.07) is 23.6. The van der Waals surface area contributed by atoms with E-state index in [1.807, 2.05) is 95.7 Å². The summed E-state index contributed by atoms with van der Waals surface area (Å²) < 4.78 is 19.1. The monoisotopic (exact) mass is 773 g/mol. The van der Waals surface area contributed by atoms with Gasteiger partial charge in [-0.1, -0.05) is 72.8 Å². The van der Waals surface area contributed by atoms with Crippen LogP contribution in [0, 0.1) is 0 Å². The van der Waals surface area contributed by atoms with Crippen LogP contribution in [-0.2, 0) is 19.1 Å². The lowest BCUT2D eigenvalue weighted by molar-refractivity contribution is -0.137. The zero-order valence-electron chi connectivity index (χ0n) is 27.1. The first-order chi connectivity index (χ1) is 23.8. The van der Waals surface area contributed by atoms with E-state index in [-0.39, 0.29) is 18.0 Å². The van der Waals surface area contributed by atoms with Gasteiger partial charge in [-0.15, -0.1) is 0 Å². The predicted molar refractivity (Wildman–Crippen MR) is 199 cm³/mol. The molecule has 0 radical (unpaired) electrons. The third-order valence-electron chi connectivity index (χ3n) is 7.60. The molecule has 4 N–H and O–H groups in total. The van der Waals surface area contributed by atoms with Gasteiger partial charge in [0.1, 0.15) is 29.5 Å². The van der Waals surface area contributed by atoms with Crippen LogP contribution in [0.1, 0.15) is 12.8 Å². The Balaban J connectivity index is 1.57. The SMILES string of the molecule is COC(=O)/C1=C/C=C/COc2ccc3ccccc3c2-c2c(ccc3ccccc23)OCC(=O)N/C(=C\CCCN=C(N)N(C)I)C(=O)N1. The number of hydrogen-bond donors (Lipinski definition) is 3. The zero-order valence-corrected chi connectivity index (χ0v) is 29.2. The second-order valence-electron chi connectivity index (χ2n) is 10.9. The van der Waals surface area contributed by atoms with E-state index in [0.717, 1.165) is 32.7 Å². The third kappa shape index (κ3) is 8.76. The fraction of sp³-hybridized carbons (Fsp3) is 0.189. The Morgan fingerprint density at radius 3 is 2.22 bits per heavy atom. The van der Waals surface area contributed by atoms with E-state index in [4.69, 9.17) is 19.9 Å². The van der Waals surface area contributed by atoms with Gasteiger partial charge in [-0.25, -0.2) is 4.79 Å². The maximum Gasteiger partial charge on any atom is 0.354 e. The molecule has 0 atom stereocenters. The molecular formula is C37H36IN5O6. The molecule has 4 aromatic rings. The molecule has 0 aliphatic carbocycles. The Kier molecular flexibility index (Phi) is 11.9. The van der Waals surface area contributed by atoms with Gasteiger partial charge in [-0.3, -0.25) is 17.7 Å². The average molecular weight is 774 g/mol. The fourth-order valence-corrected chi connectivity index (χ4v) is 5.39. The number of benzene rings is 4. The molecule has 49 heavy (non-hydrogen) atoms. The summed E-state index contributed by atoms with van der Waals surface area (Å²) in [5, 5.41) is 9.06. The number of carbonyl (C=O) groups is 3. The summed E-state index contributed by atoms with van der Waals surface area (Å²) in [6.45, 7) is 0.153. The number of halogens is 1. The van der Waals surface area contributed by atoms with Crippen molar-refractivity contribution in [2.75, 3.05) is 33.9 Å². The number of nitrogens with two attached hydrogens (primary N) is 1. The van der Waals surface area contributed by atoms with E-state index in [0.29, 0.717) is 36.8 Å². The van der Waals surface area contributed by atoms with Crippen LogP contribution < -0.4 is 25.8 Å². The van der Waals surface area contributed by atoms with Gasteiger partial charge in [-0.05, 0) is 58.7 Å². The molecule has 1 aliphatic heterocycles. The highest BCUT2D eigenvalue weighted by Gasteiger charge is 2.22. The molecule has 4 aromatic carbocycles. The highest BCUT2D eigenvalue weighted by atomic mass is 127. The summed E-state index contributed by atoms with van der Waals surface area (Å²) in [6.07, 6.45) is 7.22. The highest BCUT2D eigenvalue weighted by Crippen LogP contribution is 2.45. The molecular weight excluding hydrogens is 737 g/mol. The van der Waals surface area contributed by atoms with Crippen molar-refractivity contribution in [1.82, 2.24) is 13.7 Å². The van der Waals surface area contributed by atoms with Crippen LogP contribution in [0.2, 0.25) is 0 Å². The normalized spacial score (nSPS) is 16.9. The van der Waals surface area contributed by atoms with Crippen molar-refractivity contribution in [1.29, 1.82) is 0 Å². The lowest BCUT2D eigenvalue weighted by Crippen LogP contribution is -2.38. The van der Waals surface area contributed by atoms with E-state index < -0.39 is 24.4 Å². The Bertz CT molecular complexity index is 2000. The minimum Gasteiger partial charge on any atom is -0.489 e. The maximum absolute atomic E-state index is 13.4.